The molecule has 110 valence electrons. The average molecular weight is 274 g/mol. The van der Waals surface area contributed by atoms with E-state index in [1.807, 2.05) is 6.07 Å². The van der Waals surface area contributed by atoms with E-state index in [1.165, 1.54) is 44.1 Å². The molecule has 2 atom stereocenters. The van der Waals surface area contributed by atoms with Gasteiger partial charge in [0.1, 0.15) is 11.9 Å². The molecule has 2 nitrogen and oxygen atoms in total. The number of ketones is 1. The molecule has 0 radical (unpaired) electrons. The summed E-state index contributed by atoms with van der Waals surface area (Å²) in [6, 6.07) is 10.5. The highest BCUT2D eigenvalue weighted by Gasteiger charge is 2.38. The fraction of sp³-hybridized carbons (Fsp3) is 0.611. The zero-order valence-corrected chi connectivity index (χ0v) is 12.5. The maximum Gasteiger partial charge on any atom is 0.129 e. The van der Waals surface area contributed by atoms with Crippen LogP contribution in [0.15, 0.2) is 30.3 Å². The lowest BCUT2D eigenvalue weighted by Crippen LogP contribution is -1.91. The fourth-order valence-electron chi connectivity index (χ4n) is 2.72. The van der Waals surface area contributed by atoms with Crippen molar-refractivity contribution in [1.29, 1.82) is 0 Å². The fourth-order valence-corrected chi connectivity index (χ4v) is 2.72. The number of epoxide rings is 1. The van der Waals surface area contributed by atoms with Gasteiger partial charge in [0, 0.05) is 6.42 Å². The second-order valence-corrected chi connectivity index (χ2v) is 5.87. The molecule has 0 aliphatic carbocycles. The van der Waals surface area contributed by atoms with Crippen LogP contribution in [-0.4, -0.2) is 11.9 Å². The molecule has 1 fully saturated rings. The average Bonchev–Trinajstić information content (AvgIpc) is 3.22. The molecule has 0 saturated carbocycles. The number of rotatable bonds is 10. The van der Waals surface area contributed by atoms with Crippen molar-refractivity contribution in [3.8, 4) is 0 Å². The van der Waals surface area contributed by atoms with Crippen LogP contribution in [0.25, 0.3) is 0 Å². The molecular weight excluding hydrogens is 248 g/mol. The summed E-state index contributed by atoms with van der Waals surface area (Å²) in [5.74, 6) is 0.322. The molecule has 1 aromatic rings. The third kappa shape index (κ3) is 5.46. The normalized spacial score (nSPS) is 20.9. The second kappa shape index (κ2) is 8.21. The Labute approximate surface area is 122 Å². The van der Waals surface area contributed by atoms with Gasteiger partial charge >= 0.3 is 0 Å². The third-order valence-corrected chi connectivity index (χ3v) is 3.98. The Balaban J connectivity index is 1.44. The number of ether oxygens (including phenoxy) is 1. The van der Waals surface area contributed by atoms with Crippen LogP contribution in [-0.2, 0) is 9.53 Å². The Morgan fingerprint density at radius 3 is 2.35 bits per heavy atom. The van der Waals surface area contributed by atoms with E-state index < -0.39 is 0 Å². The van der Waals surface area contributed by atoms with E-state index in [2.05, 4.69) is 24.3 Å². The highest BCUT2D eigenvalue weighted by Crippen LogP contribution is 2.41. The van der Waals surface area contributed by atoms with Gasteiger partial charge in [-0.1, -0.05) is 62.4 Å². The molecule has 0 spiro atoms. The summed E-state index contributed by atoms with van der Waals surface area (Å²) in [5, 5.41) is 0. The Hall–Kier alpha value is -1.15. The first-order valence-corrected chi connectivity index (χ1v) is 7.97. The molecule has 0 N–H and O–H groups in total. The smallest absolute Gasteiger partial charge is 0.129 e. The summed E-state index contributed by atoms with van der Waals surface area (Å²) in [6.07, 6.45) is 10.1. The Morgan fingerprint density at radius 1 is 1.00 bits per heavy atom. The largest absolute Gasteiger partial charge is 0.365 e. The van der Waals surface area contributed by atoms with Crippen molar-refractivity contribution in [3.63, 3.8) is 0 Å². The maximum atomic E-state index is 10.8. The van der Waals surface area contributed by atoms with Crippen molar-refractivity contribution >= 4 is 5.78 Å². The van der Waals surface area contributed by atoms with Crippen LogP contribution in [0.3, 0.4) is 0 Å². The van der Waals surface area contributed by atoms with Gasteiger partial charge in [-0.05, 0) is 25.3 Å². The van der Waals surface area contributed by atoms with Crippen LogP contribution in [0.4, 0.5) is 0 Å². The van der Waals surface area contributed by atoms with Gasteiger partial charge in [0.15, 0.2) is 0 Å². The molecular formula is C18H26O2. The molecule has 0 aromatic heterocycles. The van der Waals surface area contributed by atoms with Crippen LogP contribution in [0, 0.1) is 0 Å². The minimum Gasteiger partial charge on any atom is -0.365 e. The standard InChI is InChI=1S/C18H26O2/c1-15(19)11-7-4-2-3-5-10-14-17-18(20-17)16-12-8-6-9-13-16/h6,8-9,12-13,17-18H,2-5,7,10-11,14H2,1H3/t17-,18-/m1/s1. The van der Waals surface area contributed by atoms with Gasteiger partial charge in [0.2, 0.25) is 0 Å². The van der Waals surface area contributed by atoms with E-state index in [4.69, 9.17) is 4.74 Å². The molecule has 0 amide bonds. The summed E-state index contributed by atoms with van der Waals surface area (Å²) >= 11 is 0. The topological polar surface area (TPSA) is 29.6 Å². The second-order valence-electron chi connectivity index (χ2n) is 5.87. The van der Waals surface area contributed by atoms with E-state index in [0.29, 0.717) is 18.0 Å². The summed E-state index contributed by atoms with van der Waals surface area (Å²) in [6.45, 7) is 1.68. The minimum absolute atomic E-state index is 0.322. The monoisotopic (exact) mass is 274 g/mol. The first-order chi connectivity index (χ1) is 9.77. The number of hydrogen-bond donors (Lipinski definition) is 0. The van der Waals surface area contributed by atoms with Crippen molar-refractivity contribution in [1.82, 2.24) is 0 Å². The van der Waals surface area contributed by atoms with E-state index in [1.54, 1.807) is 6.92 Å². The zero-order valence-electron chi connectivity index (χ0n) is 12.5. The quantitative estimate of drug-likeness (QED) is 0.451. The number of carbonyl (C=O) groups is 1. The predicted octanol–water partition coefficient (Wildman–Crippen LogP) is 4.84. The highest BCUT2D eigenvalue weighted by atomic mass is 16.6. The lowest BCUT2D eigenvalue weighted by molar-refractivity contribution is -0.117. The number of carbonyl (C=O) groups excluding carboxylic acids is 1. The zero-order chi connectivity index (χ0) is 14.2. The van der Waals surface area contributed by atoms with Crippen molar-refractivity contribution < 1.29 is 9.53 Å². The molecule has 0 bridgehead atoms. The van der Waals surface area contributed by atoms with Gasteiger partial charge in [-0.15, -0.1) is 0 Å². The van der Waals surface area contributed by atoms with E-state index >= 15 is 0 Å². The molecule has 2 heteroatoms. The first-order valence-electron chi connectivity index (χ1n) is 7.97. The van der Waals surface area contributed by atoms with Crippen molar-refractivity contribution in [2.45, 2.75) is 70.5 Å². The highest BCUT2D eigenvalue weighted by molar-refractivity contribution is 5.75. The Kier molecular flexibility index (Phi) is 6.25. The molecule has 20 heavy (non-hydrogen) atoms. The van der Waals surface area contributed by atoms with Crippen molar-refractivity contribution in [3.05, 3.63) is 35.9 Å². The molecule has 1 aliphatic heterocycles. The summed E-state index contributed by atoms with van der Waals surface area (Å²) in [7, 11) is 0. The van der Waals surface area contributed by atoms with Gasteiger partial charge in [-0.3, -0.25) is 0 Å². The summed E-state index contributed by atoms with van der Waals surface area (Å²) in [4.78, 5) is 10.8. The van der Waals surface area contributed by atoms with E-state index in [0.717, 1.165) is 12.8 Å². The summed E-state index contributed by atoms with van der Waals surface area (Å²) in [5.41, 5.74) is 1.32. The summed E-state index contributed by atoms with van der Waals surface area (Å²) < 4.78 is 5.74. The molecule has 1 aliphatic rings. The van der Waals surface area contributed by atoms with Crippen LogP contribution >= 0.6 is 0 Å². The Morgan fingerprint density at radius 2 is 1.65 bits per heavy atom. The first kappa shape index (κ1) is 15.2. The van der Waals surface area contributed by atoms with Crippen LogP contribution in [0.5, 0.6) is 0 Å². The molecule has 1 saturated heterocycles. The number of unbranched alkanes of at least 4 members (excludes halogenated alkanes) is 5. The van der Waals surface area contributed by atoms with Crippen LogP contribution in [0.2, 0.25) is 0 Å². The van der Waals surface area contributed by atoms with E-state index in [-0.39, 0.29) is 0 Å². The maximum absolute atomic E-state index is 10.8. The molecule has 0 unspecified atom stereocenters. The van der Waals surface area contributed by atoms with Gasteiger partial charge in [-0.2, -0.15) is 0 Å². The van der Waals surface area contributed by atoms with Gasteiger partial charge in [-0.25, -0.2) is 0 Å². The van der Waals surface area contributed by atoms with Crippen molar-refractivity contribution in [2.75, 3.05) is 0 Å². The lowest BCUT2D eigenvalue weighted by Gasteiger charge is -2.00. The Bertz CT molecular complexity index is 399. The molecule has 1 heterocycles. The lowest BCUT2D eigenvalue weighted by atomic mass is 10.0. The van der Waals surface area contributed by atoms with Gasteiger partial charge < -0.3 is 9.53 Å². The van der Waals surface area contributed by atoms with Gasteiger partial charge in [0.05, 0.1) is 6.10 Å². The number of benzene rings is 1. The molecule has 2 rings (SSSR count). The molecule has 1 aromatic carbocycles. The van der Waals surface area contributed by atoms with E-state index in [9.17, 15) is 4.79 Å². The van der Waals surface area contributed by atoms with Crippen molar-refractivity contribution in [2.24, 2.45) is 0 Å². The SMILES string of the molecule is CC(=O)CCCCCCCC[C@H]1O[C@@H]1c1ccccc1. The predicted molar refractivity (Wildman–Crippen MR) is 81.7 cm³/mol. The van der Waals surface area contributed by atoms with Crippen LogP contribution in [0.1, 0.15) is 70.0 Å². The minimum atomic E-state index is 0.322. The van der Waals surface area contributed by atoms with Gasteiger partial charge in [0.25, 0.3) is 0 Å². The van der Waals surface area contributed by atoms with Crippen LogP contribution < -0.4 is 0 Å². The third-order valence-electron chi connectivity index (χ3n) is 3.98. The number of Topliss-reactive ketones (excluding diaryl/α,β-unsaturated/α-hetero) is 1. The number of hydrogen-bond acceptors (Lipinski definition) is 2.